The maximum Gasteiger partial charge on any atom is 0.244 e. The number of nitrogens with one attached hydrogen (secondary N) is 1. The number of piperidine rings is 1. The summed E-state index contributed by atoms with van der Waals surface area (Å²) < 4.78 is 30.7. The van der Waals surface area contributed by atoms with Crippen LogP contribution in [0.2, 0.25) is 0 Å². The van der Waals surface area contributed by atoms with Gasteiger partial charge in [-0.3, -0.25) is 9.58 Å². The Kier molecular flexibility index (Phi) is 6.34. The number of rotatable bonds is 6. The van der Waals surface area contributed by atoms with Crippen molar-refractivity contribution in [3.63, 3.8) is 0 Å². The van der Waals surface area contributed by atoms with Crippen LogP contribution in [0.3, 0.4) is 0 Å². The molecule has 8 heteroatoms. The molecule has 1 saturated heterocycles. The number of thiophene rings is 1. The zero-order valence-electron chi connectivity index (χ0n) is 17.5. The van der Waals surface area contributed by atoms with Crippen LogP contribution in [0, 0.1) is 19.8 Å². The van der Waals surface area contributed by atoms with Crippen LogP contribution in [-0.4, -0.2) is 42.7 Å². The highest BCUT2D eigenvalue weighted by atomic mass is 32.2. The van der Waals surface area contributed by atoms with Crippen molar-refractivity contribution in [2.24, 2.45) is 5.92 Å². The number of aromatic nitrogens is 2. The number of likely N-dealkylation sites (tertiary alicyclic amines) is 1. The number of sulfonamides is 1. The van der Waals surface area contributed by atoms with Gasteiger partial charge >= 0.3 is 0 Å². The first-order chi connectivity index (χ1) is 13.1. The Hall–Kier alpha value is -1.22. The summed E-state index contributed by atoms with van der Waals surface area (Å²) in [5.41, 5.74) is 0.997. The number of hydrogen-bond donors (Lipinski definition) is 1. The molecule has 3 heterocycles. The van der Waals surface area contributed by atoms with Gasteiger partial charge in [-0.25, -0.2) is 13.1 Å². The third-order valence-electron chi connectivity index (χ3n) is 5.25. The van der Waals surface area contributed by atoms with Gasteiger partial charge in [-0.2, -0.15) is 5.10 Å². The minimum atomic E-state index is -3.58. The van der Waals surface area contributed by atoms with Crippen LogP contribution >= 0.6 is 11.3 Å². The van der Waals surface area contributed by atoms with E-state index in [1.54, 1.807) is 22.9 Å². The third-order valence-corrected chi connectivity index (χ3v) is 7.79. The third kappa shape index (κ3) is 4.84. The van der Waals surface area contributed by atoms with Gasteiger partial charge in [0, 0.05) is 24.5 Å². The standard InChI is InChI=1S/C20H32N4O2S2/c1-15-19(16(2)24(22-15)20(3,4)5)28(25,26)21-12-17-8-6-10-23(13-17)14-18-9-7-11-27-18/h7,9,11,17,21H,6,8,10,12-14H2,1-5H3. The Bertz CT molecular complexity index is 896. The minimum Gasteiger partial charge on any atom is -0.298 e. The van der Waals surface area contributed by atoms with Gasteiger partial charge in [0.2, 0.25) is 10.0 Å². The fourth-order valence-corrected chi connectivity index (χ4v) is 6.31. The number of aryl methyl sites for hydroxylation is 1. The molecule has 0 amide bonds. The average Bonchev–Trinajstić information content (AvgIpc) is 3.21. The first kappa shape index (κ1) is 21.5. The van der Waals surface area contributed by atoms with E-state index < -0.39 is 10.0 Å². The monoisotopic (exact) mass is 424 g/mol. The molecule has 1 unspecified atom stereocenters. The van der Waals surface area contributed by atoms with Gasteiger partial charge in [-0.1, -0.05) is 6.07 Å². The predicted octanol–water partition coefficient (Wildman–Crippen LogP) is 3.51. The molecular weight excluding hydrogens is 392 g/mol. The molecule has 6 nitrogen and oxygen atoms in total. The molecule has 1 atom stereocenters. The van der Waals surface area contributed by atoms with Crippen LogP contribution in [0.4, 0.5) is 0 Å². The van der Waals surface area contributed by atoms with Gasteiger partial charge in [-0.15, -0.1) is 11.3 Å². The molecule has 2 aromatic rings. The minimum absolute atomic E-state index is 0.256. The smallest absolute Gasteiger partial charge is 0.244 e. The second kappa shape index (κ2) is 8.26. The SMILES string of the molecule is Cc1nn(C(C)(C)C)c(C)c1S(=O)(=O)NCC1CCCN(Cc2cccs2)C1. The second-order valence-corrected chi connectivity index (χ2v) is 11.5. The number of nitrogens with zero attached hydrogens (tertiary/aromatic N) is 3. The largest absolute Gasteiger partial charge is 0.298 e. The Morgan fingerprint density at radius 1 is 1.32 bits per heavy atom. The van der Waals surface area contributed by atoms with E-state index in [4.69, 9.17) is 0 Å². The van der Waals surface area contributed by atoms with Gasteiger partial charge in [0.15, 0.2) is 0 Å². The molecule has 0 saturated carbocycles. The lowest BCUT2D eigenvalue weighted by Crippen LogP contribution is -2.40. The summed E-state index contributed by atoms with van der Waals surface area (Å²) in [4.78, 5) is 4.12. The van der Waals surface area contributed by atoms with Crippen LogP contribution in [0.15, 0.2) is 22.4 Å². The topological polar surface area (TPSA) is 67.2 Å². The van der Waals surface area contributed by atoms with E-state index in [1.807, 2.05) is 27.7 Å². The maximum absolute atomic E-state index is 13.0. The molecular formula is C20H32N4O2S2. The molecule has 0 radical (unpaired) electrons. The summed E-state index contributed by atoms with van der Waals surface area (Å²) in [5.74, 6) is 0.335. The highest BCUT2D eigenvalue weighted by Crippen LogP contribution is 2.26. The van der Waals surface area contributed by atoms with E-state index in [2.05, 4.69) is 32.2 Å². The average molecular weight is 425 g/mol. The van der Waals surface area contributed by atoms with Crippen molar-refractivity contribution in [3.8, 4) is 0 Å². The van der Waals surface area contributed by atoms with Crippen molar-refractivity contribution in [2.75, 3.05) is 19.6 Å². The molecule has 156 valence electrons. The van der Waals surface area contributed by atoms with E-state index in [1.165, 1.54) is 4.88 Å². The van der Waals surface area contributed by atoms with Gasteiger partial charge < -0.3 is 0 Å². The van der Waals surface area contributed by atoms with E-state index in [-0.39, 0.29) is 5.54 Å². The van der Waals surface area contributed by atoms with Gasteiger partial charge in [0.25, 0.3) is 0 Å². The Balaban J connectivity index is 1.66. The van der Waals surface area contributed by atoms with Crippen molar-refractivity contribution >= 4 is 21.4 Å². The summed E-state index contributed by atoms with van der Waals surface area (Å²) in [6.07, 6.45) is 2.17. The van der Waals surface area contributed by atoms with Crippen molar-refractivity contribution in [1.29, 1.82) is 0 Å². The molecule has 0 aromatic carbocycles. The lowest BCUT2D eigenvalue weighted by atomic mass is 9.98. The molecule has 1 N–H and O–H groups in total. The molecule has 1 aliphatic heterocycles. The van der Waals surface area contributed by atoms with Gasteiger partial charge in [-0.05, 0) is 71.4 Å². The molecule has 1 fully saturated rings. The lowest BCUT2D eigenvalue weighted by molar-refractivity contribution is 0.170. The quantitative estimate of drug-likeness (QED) is 0.771. The fraction of sp³-hybridized carbons (Fsp3) is 0.650. The highest BCUT2D eigenvalue weighted by molar-refractivity contribution is 7.89. The normalized spacial score (nSPS) is 19.2. The molecule has 0 aliphatic carbocycles. The summed E-state index contributed by atoms with van der Waals surface area (Å²) in [6.45, 7) is 13.1. The van der Waals surface area contributed by atoms with Crippen LogP contribution in [-0.2, 0) is 22.1 Å². The molecule has 1 aliphatic rings. The van der Waals surface area contributed by atoms with Gasteiger partial charge in [0.1, 0.15) is 4.90 Å². The highest BCUT2D eigenvalue weighted by Gasteiger charge is 2.29. The van der Waals surface area contributed by atoms with E-state index in [0.717, 1.165) is 32.5 Å². The summed E-state index contributed by atoms with van der Waals surface area (Å²) in [6, 6.07) is 4.24. The zero-order valence-corrected chi connectivity index (χ0v) is 19.2. The first-order valence-corrected chi connectivity index (χ1v) is 12.3. The number of hydrogen-bond acceptors (Lipinski definition) is 5. The molecule has 2 aromatic heterocycles. The van der Waals surface area contributed by atoms with Gasteiger partial charge in [0.05, 0.1) is 16.9 Å². The van der Waals surface area contributed by atoms with Crippen LogP contribution in [0.5, 0.6) is 0 Å². The van der Waals surface area contributed by atoms with Crippen molar-refractivity contribution in [2.45, 2.75) is 64.4 Å². The van der Waals surface area contributed by atoms with E-state index >= 15 is 0 Å². The molecule has 28 heavy (non-hydrogen) atoms. The van der Waals surface area contributed by atoms with Crippen LogP contribution in [0.25, 0.3) is 0 Å². The van der Waals surface area contributed by atoms with Crippen molar-refractivity contribution < 1.29 is 8.42 Å². The lowest BCUT2D eigenvalue weighted by Gasteiger charge is -2.32. The first-order valence-electron chi connectivity index (χ1n) is 9.89. The molecule has 3 rings (SSSR count). The molecule has 0 spiro atoms. The van der Waals surface area contributed by atoms with E-state index in [0.29, 0.717) is 28.7 Å². The molecule has 0 bridgehead atoms. The van der Waals surface area contributed by atoms with E-state index in [9.17, 15) is 8.42 Å². The Morgan fingerprint density at radius 3 is 2.68 bits per heavy atom. The predicted molar refractivity (Wildman–Crippen MR) is 114 cm³/mol. The Morgan fingerprint density at radius 2 is 2.07 bits per heavy atom. The van der Waals surface area contributed by atoms with Crippen molar-refractivity contribution in [3.05, 3.63) is 33.8 Å². The summed E-state index contributed by atoms with van der Waals surface area (Å²) in [7, 11) is -3.58. The summed E-state index contributed by atoms with van der Waals surface area (Å²) in [5, 5.41) is 6.59. The maximum atomic E-state index is 13.0. The Labute approximate surface area is 173 Å². The zero-order chi connectivity index (χ0) is 20.5. The fourth-order valence-electron chi connectivity index (χ4n) is 4.05. The van der Waals surface area contributed by atoms with Crippen molar-refractivity contribution in [1.82, 2.24) is 19.4 Å². The van der Waals surface area contributed by atoms with Crippen LogP contribution < -0.4 is 4.72 Å². The second-order valence-electron chi connectivity index (χ2n) is 8.76. The summed E-state index contributed by atoms with van der Waals surface area (Å²) >= 11 is 1.78. The van der Waals surface area contributed by atoms with Crippen LogP contribution in [0.1, 0.15) is 49.9 Å².